The lowest BCUT2D eigenvalue weighted by Gasteiger charge is -2.15. The molecule has 1 aliphatic rings. The average molecular weight is 353 g/mol. The number of rotatable bonds is 4. The molecule has 134 valence electrons. The van der Waals surface area contributed by atoms with Crippen LogP contribution in [0.1, 0.15) is 25.1 Å². The fourth-order valence-electron chi connectivity index (χ4n) is 2.88. The Morgan fingerprint density at radius 3 is 2.81 bits per heavy atom. The summed E-state index contributed by atoms with van der Waals surface area (Å²) in [5, 5.41) is 3.97. The number of aromatic nitrogens is 3. The van der Waals surface area contributed by atoms with Crippen molar-refractivity contribution >= 4 is 0 Å². The van der Waals surface area contributed by atoms with Crippen LogP contribution in [0.5, 0.6) is 5.75 Å². The van der Waals surface area contributed by atoms with Gasteiger partial charge in [-0.3, -0.25) is 4.79 Å². The molecule has 0 saturated carbocycles. The third-order valence-electron chi connectivity index (χ3n) is 4.11. The lowest BCUT2D eigenvalue weighted by Crippen LogP contribution is -2.19. The third-order valence-corrected chi connectivity index (χ3v) is 4.11. The smallest absolute Gasteiger partial charge is 0.259 e. The Hall–Kier alpha value is -2.93. The molecule has 2 aromatic heterocycles. The van der Waals surface area contributed by atoms with E-state index in [9.17, 15) is 4.79 Å². The monoisotopic (exact) mass is 353 g/mol. The maximum Gasteiger partial charge on any atom is 0.259 e. The van der Waals surface area contributed by atoms with Gasteiger partial charge in [-0.25, -0.2) is 0 Å². The first-order chi connectivity index (χ1) is 12.6. The zero-order valence-corrected chi connectivity index (χ0v) is 14.6. The van der Waals surface area contributed by atoms with Crippen molar-refractivity contribution in [1.82, 2.24) is 15.1 Å². The van der Waals surface area contributed by atoms with Crippen molar-refractivity contribution in [2.24, 2.45) is 0 Å². The summed E-state index contributed by atoms with van der Waals surface area (Å²) >= 11 is 0. The second-order valence-corrected chi connectivity index (χ2v) is 6.43. The van der Waals surface area contributed by atoms with Gasteiger partial charge in [0.15, 0.2) is 0 Å². The van der Waals surface area contributed by atoms with Crippen molar-refractivity contribution in [3.05, 3.63) is 51.9 Å². The van der Waals surface area contributed by atoms with Gasteiger partial charge in [0, 0.05) is 17.7 Å². The van der Waals surface area contributed by atoms with Crippen LogP contribution in [0.15, 0.2) is 39.6 Å². The first kappa shape index (κ1) is 16.5. The van der Waals surface area contributed by atoms with Crippen molar-refractivity contribution in [3.8, 4) is 28.6 Å². The predicted octanol–water partition coefficient (Wildman–Crippen LogP) is 2.95. The van der Waals surface area contributed by atoms with E-state index in [4.69, 9.17) is 14.0 Å². The summed E-state index contributed by atoms with van der Waals surface area (Å²) in [6.45, 7) is 5.03. The molecule has 3 aromatic rings. The highest BCUT2D eigenvalue weighted by Crippen LogP contribution is 2.24. The van der Waals surface area contributed by atoms with E-state index in [2.05, 4.69) is 15.1 Å². The number of ether oxygens (including phenoxy) is 2. The first-order valence-corrected chi connectivity index (χ1v) is 8.54. The van der Waals surface area contributed by atoms with Gasteiger partial charge in [-0.2, -0.15) is 4.98 Å². The fourth-order valence-corrected chi connectivity index (χ4v) is 2.88. The van der Waals surface area contributed by atoms with Gasteiger partial charge >= 0.3 is 0 Å². The molecule has 0 amide bonds. The molecule has 0 atom stereocenters. The largest absolute Gasteiger partial charge is 0.491 e. The third kappa shape index (κ3) is 3.25. The van der Waals surface area contributed by atoms with Crippen molar-refractivity contribution in [3.63, 3.8) is 0 Å². The van der Waals surface area contributed by atoms with E-state index < -0.39 is 0 Å². The maximum atomic E-state index is 12.4. The van der Waals surface area contributed by atoms with Crippen LogP contribution < -0.4 is 10.3 Å². The quantitative estimate of drug-likeness (QED) is 0.775. The summed E-state index contributed by atoms with van der Waals surface area (Å²) in [4.78, 5) is 19.6. The van der Waals surface area contributed by atoms with E-state index in [1.165, 1.54) is 0 Å². The number of nitrogens with one attached hydrogen (secondary N) is 1. The molecular weight excluding hydrogens is 334 g/mol. The molecule has 1 aliphatic heterocycles. The lowest BCUT2D eigenvalue weighted by molar-refractivity contribution is 0.109. The highest BCUT2D eigenvalue weighted by atomic mass is 16.5. The Morgan fingerprint density at radius 2 is 2.04 bits per heavy atom. The number of nitrogens with zero attached hydrogens (tertiary/aromatic N) is 2. The standard InChI is InChI=1S/C19H19N3O4/c1-11(2)25-14-5-3-12(4-6-14)19-21-17(22-26-19)15-9-13-10-24-8-7-16(13)20-18(15)23/h3-6,9,11H,7-8,10H2,1-2H3,(H,20,23). The van der Waals surface area contributed by atoms with Gasteiger partial charge in [0.25, 0.3) is 11.4 Å². The molecule has 0 saturated heterocycles. The van der Waals surface area contributed by atoms with Crippen LogP contribution in [-0.4, -0.2) is 27.8 Å². The van der Waals surface area contributed by atoms with Crippen molar-refractivity contribution in [2.45, 2.75) is 33.0 Å². The van der Waals surface area contributed by atoms with Crippen LogP contribution in [0.4, 0.5) is 0 Å². The van der Waals surface area contributed by atoms with E-state index in [0.29, 0.717) is 31.1 Å². The van der Waals surface area contributed by atoms with Crippen LogP contribution in [0, 0.1) is 0 Å². The molecule has 0 unspecified atom stereocenters. The maximum absolute atomic E-state index is 12.4. The van der Waals surface area contributed by atoms with Crippen LogP contribution in [0.25, 0.3) is 22.8 Å². The molecular formula is C19H19N3O4. The molecule has 4 rings (SSSR count). The molecule has 3 heterocycles. The molecule has 1 aromatic carbocycles. The summed E-state index contributed by atoms with van der Waals surface area (Å²) < 4.78 is 16.4. The van der Waals surface area contributed by atoms with Crippen LogP contribution >= 0.6 is 0 Å². The first-order valence-electron chi connectivity index (χ1n) is 8.54. The summed E-state index contributed by atoms with van der Waals surface area (Å²) in [5.74, 6) is 1.39. The average Bonchev–Trinajstić information content (AvgIpc) is 3.11. The van der Waals surface area contributed by atoms with E-state index >= 15 is 0 Å². The zero-order valence-electron chi connectivity index (χ0n) is 14.6. The summed E-state index contributed by atoms with van der Waals surface area (Å²) in [7, 11) is 0. The number of benzene rings is 1. The Labute approximate surface area is 150 Å². The number of fused-ring (bicyclic) bond motifs is 1. The number of pyridine rings is 1. The van der Waals surface area contributed by atoms with Crippen molar-refractivity contribution in [2.75, 3.05) is 6.61 Å². The van der Waals surface area contributed by atoms with Crippen LogP contribution in [0.2, 0.25) is 0 Å². The molecule has 0 fully saturated rings. The van der Waals surface area contributed by atoms with Gasteiger partial charge in [0.05, 0.1) is 24.9 Å². The van der Waals surface area contributed by atoms with Gasteiger partial charge in [0.1, 0.15) is 5.75 Å². The highest BCUT2D eigenvalue weighted by molar-refractivity contribution is 5.60. The number of aromatic amines is 1. The minimum absolute atomic E-state index is 0.107. The number of hydrogen-bond donors (Lipinski definition) is 1. The zero-order chi connectivity index (χ0) is 18.1. The highest BCUT2D eigenvalue weighted by Gasteiger charge is 2.18. The fraction of sp³-hybridized carbons (Fsp3) is 0.316. The summed E-state index contributed by atoms with van der Waals surface area (Å²) in [6.07, 6.45) is 0.809. The lowest BCUT2D eigenvalue weighted by atomic mass is 10.1. The van der Waals surface area contributed by atoms with Gasteiger partial charge < -0.3 is 19.0 Å². The second kappa shape index (κ2) is 6.76. The Bertz CT molecular complexity index is 973. The van der Waals surface area contributed by atoms with Gasteiger partial charge in [-0.15, -0.1) is 0 Å². The Kier molecular flexibility index (Phi) is 4.30. The molecule has 0 radical (unpaired) electrons. The van der Waals surface area contributed by atoms with Crippen LogP contribution in [0.3, 0.4) is 0 Å². The van der Waals surface area contributed by atoms with E-state index in [-0.39, 0.29) is 17.5 Å². The van der Waals surface area contributed by atoms with E-state index in [1.807, 2.05) is 38.1 Å². The molecule has 7 heteroatoms. The SMILES string of the molecule is CC(C)Oc1ccc(-c2nc(-c3cc4c([nH]c3=O)CCOC4)no2)cc1. The molecule has 0 aliphatic carbocycles. The second-order valence-electron chi connectivity index (χ2n) is 6.43. The number of hydrogen-bond acceptors (Lipinski definition) is 6. The van der Waals surface area contributed by atoms with Gasteiger partial charge in [0.2, 0.25) is 5.82 Å². The van der Waals surface area contributed by atoms with Crippen LogP contribution in [-0.2, 0) is 17.8 Å². The van der Waals surface area contributed by atoms with E-state index in [1.54, 1.807) is 6.07 Å². The molecule has 7 nitrogen and oxygen atoms in total. The summed E-state index contributed by atoms with van der Waals surface area (Å²) in [5.41, 5.74) is 2.78. The Balaban J connectivity index is 1.63. The minimum atomic E-state index is -0.223. The number of H-pyrrole nitrogens is 1. The molecule has 26 heavy (non-hydrogen) atoms. The van der Waals surface area contributed by atoms with Gasteiger partial charge in [-0.1, -0.05) is 5.16 Å². The molecule has 1 N–H and O–H groups in total. The topological polar surface area (TPSA) is 90.2 Å². The predicted molar refractivity (Wildman–Crippen MR) is 94.9 cm³/mol. The van der Waals surface area contributed by atoms with Crippen molar-refractivity contribution in [1.29, 1.82) is 0 Å². The van der Waals surface area contributed by atoms with Gasteiger partial charge in [-0.05, 0) is 49.7 Å². The normalized spacial score (nSPS) is 13.7. The van der Waals surface area contributed by atoms with Crippen molar-refractivity contribution < 1.29 is 14.0 Å². The molecule has 0 spiro atoms. The Morgan fingerprint density at radius 1 is 1.23 bits per heavy atom. The molecule has 0 bridgehead atoms. The minimum Gasteiger partial charge on any atom is -0.491 e. The van der Waals surface area contributed by atoms with E-state index in [0.717, 1.165) is 22.6 Å². The summed E-state index contributed by atoms with van der Waals surface area (Å²) in [6, 6.07) is 9.17.